The van der Waals surface area contributed by atoms with Crippen LogP contribution in [0.15, 0.2) is 30.0 Å². The fourth-order valence-electron chi connectivity index (χ4n) is 2.38. The Hall–Kier alpha value is -3.35. The Kier molecular flexibility index (Phi) is 3.69. The molecule has 7 nitrogen and oxygen atoms in total. The molecule has 0 unspecified atom stereocenters. The van der Waals surface area contributed by atoms with Crippen molar-refractivity contribution in [1.82, 2.24) is 0 Å². The summed E-state index contributed by atoms with van der Waals surface area (Å²) in [7, 11) is 2.78. The van der Waals surface area contributed by atoms with Crippen molar-refractivity contribution >= 4 is 11.9 Å². The molecule has 0 aliphatic carbocycles. The largest absolute Gasteiger partial charge is 0.504 e. The van der Waals surface area contributed by atoms with Crippen molar-refractivity contribution in [2.45, 2.75) is 0 Å². The van der Waals surface area contributed by atoms with Gasteiger partial charge in [-0.2, -0.15) is 0 Å². The van der Waals surface area contributed by atoms with Crippen LogP contribution in [0.1, 0.15) is 15.9 Å². The summed E-state index contributed by atoms with van der Waals surface area (Å²) in [4.78, 5) is 12.3. The van der Waals surface area contributed by atoms with Crippen molar-refractivity contribution in [3.63, 3.8) is 0 Å². The number of hydrogen-bond acceptors (Lipinski definition) is 7. The molecule has 0 spiro atoms. The Balaban J connectivity index is 2.05. The Bertz CT molecular complexity index is 842. The van der Waals surface area contributed by atoms with Crippen LogP contribution in [-0.4, -0.2) is 35.3 Å². The molecule has 1 heterocycles. The lowest BCUT2D eigenvalue weighted by Crippen LogP contribution is -1.98. The Morgan fingerprint density at radius 3 is 2.21 bits per heavy atom. The second-order valence-corrected chi connectivity index (χ2v) is 5.02. The third-order valence-corrected chi connectivity index (χ3v) is 3.59. The Morgan fingerprint density at radius 2 is 1.62 bits per heavy atom. The minimum absolute atomic E-state index is 0.0410. The predicted molar refractivity (Wildman–Crippen MR) is 83.9 cm³/mol. The van der Waals surface area contributed by atoms with Crippen LogP contribution in [0.3, 0.4) is 0 Å². The van der Waals surface area contributed by atoms with Gasteiger partial charge >= 0.3 is 0 Å². The average Bonchev–Trinajstić information content (AvgIpc) is 2.89. The van der Waals surface area contributed by atoms with Crippen LogP contribution in [0.5, 0.6) is 34.5 Å². The third kappa shape index (κ3) is 2.36. The monoisotopic (exact) mass is 330 g/mol. The van der Waals surface area contributed by atoms with Gasteiger partial charge in [0.15, 0.2) is 28.8 Å². The first-order valence-corrected chi connectivity index (χ1v) is 6.90. The van der Waals surface area contributed by atoms with Crippen LogP contribution >= 0.6 is 0 Å². The van der Waals surface area contributed by atoms with Crippen LogP contribution < -0.4 is 14.2 Å². The van der Waals surface area contributed by atoms with Crippen LogP contribution in [0, 0.1) is 0 Å². The number of allylic oxidation sites excluding steroid dienone is 1. The molecule has 0 atom stereocenters. The first kappa shape index (κ1) is 15.5. The summed E-state index contributed by atoms with van der Waals surface area (Å²) in [6.07, 6.45) is 1.42. The smallest absolute Gasteiger partial charge is 0.232 e. The molecule has 7 heteroatoms. The zero-order valence-corrected chi connectivity index (χ0v) is 12.9. The van der Waals surface area contributed by atoms with Gasteiger partial charge in [0.25, 0.3) is 0 Å². The van der Waals surface area contributed by atoms with Gasteiger partial charge in [-0.15, -0.1) is 0 Å². The van der Waals surface area contributed by atoms with Gasteiger partial charge in [-0.1, -0.05) is 0 Å². The molecule has 0 saturated heterocycles. The van der Waals surface area contributed by atoms with Crippen LogP contribution in [-0.2, 0) is 0 Å². The van der Waals surface area contributed by atoms with Gasteiger partial charge in [-0.05, 0) is 35.9 Å². The van der Waals surface area contributed by atoms with E-state index in [9.17, 15) is 20.1 Å². The maximum Gasteiger partial charge on any atom is 0.232 e. The first-order valence-electron chi connectivity index (χ1n) is 6.90. The maximum absolute atomic E-state index is 12.3. The highest BCUT2D eigenvalue weighted by molar-refractivity contribution is 6.15. The lowest BCUT2D eigenvalue weighted by atomic mass is 10.1. The SMILES string of the molecule is COc1cc(/C=C2/Oc3c(ccc(O)c3O)C2=O)cc(OC)c1O. The van der Waals surface area contributed by atoms with E-state index in [0.29, 0.717) is 5.56 Å². The van der Waals surface area contributed by atoms with Gasteiger partial charge in [0.05, 0.1) is 19.8 Å². The highest BCUT2D eigenvalue weighted by atomic mass is 16.5. The molecule has 1 aliphatic heterocycles. The van der Waals surface area contributed by atoms with Crippen molar-refractivity contribution in [2.24, 2.45) is 0 Å². The van der Waals surface area contributed by atoms with E-state index in [1.165, 1.54) is 44.6 Å². The van der Waals surface area contributed by atoms with Gasteiger partial charge in [0.2, 0.25) is 17.3 Å². The van der Waals surface area contributed by atoms with Crippen molar-refractivity contribution in [3.8, 4) is 34.5 Å². The first-order chi connectivity index (χ1) is 11.5. The van der Waals surface area contributed by atoms with E-state index in [0.717, 1.165) is 0 Å². The minimum atomic E-state index is -0.495. The summed E-state index contributed by atoms with van der Waals surface area (Å²) < 4.78 is 15.5. The molecule has 0 aromatic heterocycles. The summed E-state index contributed by atoms with van der Waals surface area (Å²) in [5.74, 6) is -1.27. The molecule has 1 aliphatic rings. The number of phenols is 3. The van der Waals surface area contributed by atoms with Crippen molar-refractivity contribution in [1.29, 1.82) is 0 Å². The molecule has 0 saturated carbocycles. The van der Waals surface area contributed by atoms with Gasteiger partial charge in [-0.25, -0.2) is 0 Å². The molecule has 3 N–H and O–H groups in total. The van der Waals surface area contributed by atoms with Crippen molar-refractivity contribution < 1.29 is 34.3 Å². The molecule has 2 aromatic rings. The third-order valence-electron chi connectivity index (χ3n) is 3.59. The molecular formula is C17H14O7. The summed E-state index contributed by atoms with van der Waals surface area (Å²) in [5, 5.41) is 29.2. The van der Waals surface area contributed by atoms with Crippen LogP contribution in [0.25, 0.3) is 6.08 Å². The number of ketones is 1. The lowest BCUT2D eigenvalue weighted by Gasteiger charge is -2.09. The van der Waals surface area contributed by atoms with Crippen molar-refractivity contribution in [2.75, 3.05) is 14.2 Å². The lowest BCUT2D eigenvalue weighted by molar-refractivity contribution is 0.101. The van der Waals surface area contributed by atoms with Gasteiger partial charge in [0.1, 0.15) is 0 Å². The molecule has 124 valence electrons. The number of fused-ring (bicyclic) bond motifs is 1. The van der Waals surface area contributed by atoms with E-state index in [-0.39, 0.29) is 40.1 Å². The number of carbonyl (C=O) groups is 1. The summed E-state index contributed by atoms with van der Waals surface area (Å²) in [5.41, 5.74) is 0.635. The van der Waals surface area contributed by atoms with E-state index in [1.807, 2.05) is 0 Å². The average molecular weight is 330 g/mol. The molecule has 0 bridgehead atoms. The molecule has 2 aromatic carbocycles. The van der Waals surface area contributed by atoms with Gasteiger partial charge < -0.3 is 29.5 Å². The fraction of sp³-hybridized carbons (Fsp3) is 0.118. The Labute approximate surface area is 137 Å². The van der Waals surface area contributed by atoms with Gasteiger partial charge in [0, 0.05) is 0 Å². The van der Waals surface area contributed by atoms with E-state index >= 15 is 0 Å². The number of benzene rings is 2. The molecule has 24 heavy (non-hydrogen) atoms. The number of aromatic hydroxyl groups is 3. The van der Waals surface area contributed by atoms with Gasteiger partial charge in [-0.3, -0.25) is 4.79 Å². The zero-order valence-electron chi connectivity index (χ0n) is 12.9. The highest BCUT2D eigenvalue weighted by Gasteiger charge is 2.31. The van der Waals surface area contributed by atoms with E-state index in [1.54, 1.807) is 0 Å². The number of Topliss-reactive ketones (excluding diaryl/α,β-unsaturated/α-hetero) is 1. The molecule has 0 amide bonds. The van der Waals surface area contributed by atoms with Crippen LogP contribution in [0.4, 0.5) is 0 Å². The standard InChI is InChI=1S/C17H14O7/c1-22-11-5-8(6-12(23-2)16(11)21)7-13-14(19)9-3-4-10(18)15(20)17(9)24-13/h3-7,18,20-21H,1-2H3/b13-7+. The predicted octanol–water partition coefficient (Wildman–Crippen LogP) is 2.44. The highest BCUT2D eigenvalue weighted by Crippen LogP contribution is 2.44. The zero-order chi connectivity index (χ0) is 17.4. The quantitative estimate of drug-likeness (QED) is 0.586. The maximum atomic E-state index is 12.3. The Morgan fingerprint density at radius 1 is 1.00 bits per heavy atom. The molecular weight excluding hydrogens is 316 g/mol. The summed E-state index contributed by atoms with van der Waals surface area (Å²) in [6, 6.07) is 5.58. The van der Waals surface area contributed by atoms with E-state index < -0.39 is 11.5 Å². The second kappa shape index (κ2) is 5.69. The second-order valence-electron chi connectivity index (χ2n) is 5.02. The number of ether oxygens (including phenoxy) is 3. The fourth-order valence-corrected chi connectivity index (χ4v) is 2.38. The minimum Gasteiger partial charge on any atom is -0.504 e. The number of carbonyl (C=O) groups excluding carboxylic acids is 1. The number of phenolic OH excluding ortho intramolecular Hbond substituents is 3. The number of hydrogen-bond donors (Lipinski definition) is 3. The number of methoxy groups -OCH3 is 2. The molecule has 0 fully saturated rings. The summed E-state index contributed by atoms with van der Waals surface area (Å²) in [6.45, 7) is 0. The normalized spacial score (nSPS) is 14.4. The molecule has 0 radical (unpaired) electrons. The number of rotatable bonds is 3. The van der Waals surface area contributed by atoms with E-state index in [4.69, 9.17) is 14.2 Å². The van der Waals surface area contributed by atoms with Crippen LogP contribution in [0.2, 0.25) is 0 Å². The van der Waals surface area contributed by atoms with E-state index in [2.05, 4.69) is 0 Å². The van der Waals surface area contributed by atoms with Crippen molar-refractivity contribution in [3.05, 3.63) is 41.2 Å². The molecule has 3 rings (SSSR count). The summed E-state index contributed by atoms with van der Waals surface area (Å²) >= 11 is 0. The topological polar surface area (TPSA) is 105 Å².